The highest BCUT2D eigenvalue weighted by Crippen LogP contribution is 2.30. The topological polar surface area (TPSA) is 54.5 Å². The molecule has 1 aromatic rings. The summed E-state index contributed by atoms with van der Waals surface area (Å²) in [6.45, 7) is 4.59. The Kier molecular flexibility index (Phi) is 4.58. The molecule has 0 unspecified atom stereocenters. The fraction of sp³-hybridized carbons (Fsp3) is 0.500. The number of carbonyl (C=O) groups excluding carboxylic acids is 1. The minimum absolute atomic E-state index is 0.142. The summed E-state index contributed by atoms with van der Waals surface area (Å²) in [4.78, 5) is 13.6. The first kappa shape index (κ1) is 16.2. The molecule has 2 rings (SSSR count). The normalized spacial score (nSPS) is 15.3. The van der Waals surface area contributed by atoms with E-state index in [1.54, 1.807) is 4.90 Å². The molecule has 1 saturated carbocycles. The predicted molar refractivity (Wildman–Crippen MR) is 78.3 cm³/mol. The first-order chi connectivity index (χ1) is 9.70. The van der Waals surface area contributed by atoms with Gasteiger partial charge in [-0.05, 0) is 37.0 Å². The van der Waals surface area contributed by atoms with Gasteiger partial charge in [0.05, 0.1) is 0 Å². The van der Waals surface area contributed by atoms with Gasteiger partial charge in [-0.15, -0.1) is 0 Å². The Labute approximate surface area is 128 Å². The molecule has 7 heteroatoms. The van der Waals surface area contributed by atoms with Crippen molar-refractivity contribution in [1.82, 2.24) is 4.90 Å². The number of halogens is 2. The smallest absolute Gasteiger partial charge is 0.264 e. The molecular weight excluding hydrogens is 317 g/mol. The van der Waals surface area contributed by atoms with Crippen LogP contribution in [0.2, 0.25) is 0 Å². The molecule has 0 aromatic heterocycles. The van der Waals surface area contributed by atoms with Gasteiger partial charge >= 0.3 is 0 Å². The quantitative estimate of drug-likeness (QED) is 0.778. The van der Waals surface area contributed by atoms with Crippen LogP contribution < -0.4 is 0 Å². The molecule has 116 valence electrons. The zero-order chi connectivity index (χ0) is 15.8. The third-order valence-corrected chi connectivity index (χ3v) is 4.59. The van der Waals surface area contributed by atoms with Crippen LogP contribution in [-0.2, 0) is 9.05 Å². The Hall–Kier alpha value is -1.14. The molecule has 0 bridgehead atoms. The fourth-order valence-corrected chi connectivity index (χ4v) is 3.09. The Bertz CT molecular complexity index is 656. The van der Waals surface area contributed by atoms with E-state index in [-0.39, 0.29) is 17.5 Å². The third kappa shape index (κ3) is 3.95. The van der Waals surface area contributed by atoms with Crippen LogP contribution in [0.25, 0.3) is 0 Å². The van der Waals surface area contributed by atoms with Crippen LogP contribution in [-0.4, -0.2) is 31.8 Å². The average Bonchev–Trinajstić information content (AvgIpc) is 3.18. The van der Waals surface area contributed by atoms with E-state index in [0.717, 1.165) is 25.0 Å². The van der Waals surface area contributed by atoms with Crippen molar-refractivity contribution in [3.63, 3.8) is 0 Å². The Morgan fingerprint density at radius 2 is 2.05 bits per heavy atom. The van der Waals surface area contributed by atoms with Crippen LogP contribution in [0.3, 0.4) is 0 Å². The summed E-state index contributed by atoms with van der Waals surface area (Å²) in [6.07, 6.45) is 1.89. The number of carbonyl (C=O) groups is 1. The van der Waals surface area contributed by atoms with Crippen molar-refractivity contribution in [2.75, 3.05) is 6.54 Å². The highest BCUT2D eigenvalue weighted by atomic mass is 35.7. The van der Waals surface area contributed by atoms with E-state index in [9.17, 15) is 17.6 Å². The van der Waals surface area contributed by atoms with Crippen LogP contribution in [0.5, 0.6) is 0 Å². The number of hydrogen-bond acceptors (Lipinski definition) is 3. The summed E-state index contributed by atoms with van der Waals surface area (Å²) in [7, 11) is 0.970. The first-order valence-electron chi connectivity index (χ1n) is 6.75. The summed E-state index contributed by atoms with van der Waals surface area (Å²) in [6, 6.07) is 3.46. The second kappa shape index (κ2) is 5.93. The van der Waals surface area contributed by atoms with Gasteiger partial charge in [0.25, 0.3) is 15.0 Å². The van der Waals surface area contributed by atoms with Gasteiger partial charge in [-0.25, -0.2) is 12.8 Å². The Morgan fingerprint density at radius 1 is 1.43 bits per heavy atom. The van der Waals surface area contributed by atoms with Gasteiger partial charge in [0.1, 0.15) is 10.7 Å². The molecule has 0 atom stereocenters. The second-order valence-electron chi connectivity index (χ2n) is 5.67. The lowest BCUT2D eigenvalue weighted by molar-refractivity contribution is 0.0722. The van der Waals surface area contributed by atoms with Crippen molar-refractivity contribution in [2.24, 2.45) is 5.92 Å². The van der Waals surface area contributed by atoms with Crippen molar-refractivity contribution in [2.45, 2.75) is 37.6 Å². The molecule has 21 heavy (non-hydrogen) atoms. The predicted octanol–water partition coefficient (Wildman–Crippen LogP) is 3.01. The van der Waals surface area contributed by atoms with Gasteiger partial charge in [0.15, 0.2) is 0 Å². The van der Waals surface area contributed by atoms with Crippen molar-refractivity contribution in [3.8, 4) is 0 Å². The SMILES string of the molecule is CC(C)CN(C(=O)c1ccc(F)c(S(=O)(=O)Cl)c1)C1CC1. The molecule has 1 aliphatic rings. The largest absolute Gasteiger partial charge is 0.335 e. The standard InChI is InChI=1S/C14H17ClFNO3S/c1-9(2)8-17(11-4-5-11)14(18)10-3-6-12(16)13(7-10)21(15,19)20/h3,6-7,9,11H,4-5,8H2,1-2H3. The van der Waals surface area contributed by atoms with E-state index < -0.39 is 19.8 Å². The highest BCUT2D eigenvalue weighted by molar-refractivity contribution is 8.13. The molecule has 0 aliphatic heterocycles. The first-order valence-corrected chi connectivity index (χ1v) is 9.06. The summed E-state index contributed by atoms with van der Waals surface area (Å²) in [5.41, 5.74) is 0.142. The lowest BCUT2D eigenvalue weighted by Gasteiger charge is -2.24. The number of hydrogen-bond donors (Lipinski definition) is 0. The number of amides is 1. The zero-order valence-corrected chi connectivity index (χ0v) is 13.4. The van der Waals surface area contributed by atoms with E-state index in [2.05, 4.69) is 0 Å². The van der Waals surface area contributed by atoms with Crippen LogP contribution >= 0.6 is 10.7 Å². The van der Waals surface area contributed by atoms with E-state index in [0.29, 0.717) is 12.5 Å². The second-order valence-corrected chi connectivity index (χ2v) is 8.20. The molecule has 0 heterocycles. The maximum Gasteiger partial charge on any atom is 0.264 e. The van der Waals surface area contributed by atoms with E-state index in [1.807, 2.05) is 13.8 Å². The van der Waals surface area contributed by atoms with Gasteiger partial charge in [0.2, 0.25) is 0 Å². The van der Waals surface area contributed by atoms with E-state index >= 15 is 0 Å². The van der Waals surface area contributed by atoms with Crippen molar-refractivity contribution < 1.29 is 17.6 Å². The van der Waals surface area contributed by atoms with Crippen molar-refractivity contribution >= 4 is 25.6 Å². The van der Waals surface area contributed by atoms with Crippen LogP contribution in [0, 0.1) is 11.7 Å². The highest BCUT2D eigenvalue weighted by Gasteiger charge is 2.33. The summed E-state index contributed by atoms with van der Waals surface area (Å²) < 4.78 is 36.2. The Balaban J connectivity index is 2.34. The summed E-state index contributed by atoms with van der Waals surface area (Å²) in [5, 5.41) is 0. The number of benzene rings is 1. The molecule has 0 spiro atoms. The maximum atomic E-state index is 13.5. The lowest BCUT2D eigenvalue weighted by atomic mass is 10.1. The van der Waals surface area contributed by atoms with Gasteiger partial charge in [-0.2, -0.15) is 0 Å². The van der Waals surface area contributed by atoms with Gasteiger partial charge in [-0.1, -0.05) is 13.8 Å². The summed E-state index contributed by atoms with van der Waals surface area (Å²) in [5.74, 6) is -0.942. The minimum Gasteiger partial charge on any atom is -0.335 e. The maximum absolute atomic E-state index is 13.5. The molecule has 0 N–H and O–H groups in total. The van der Waals surface area contributed by atoms with Gasteiger partial charge in [0, 0.05) is 28.8 Å². The number of rotatable bonds is 5. The van der Waals surface area contributed by atoms with Gasteiger partial charge < -0.3 is 4.90 Å². The monoisotopic (exact) mass is 333 g/mol. The minimum atomic E-state index is -4.22. The molecule has 0 saturated heterocycles. The van der Waals surface area contributed by atoms with Crippen molar-refractivity contribution in [3.05, 3.63) is 29.6 Å². The zero-order valence-electron chi connectivity index (χ0n) is 11.8. The fourth-order valence-electron chi connectivity index (χ4n) is 2.17. The van der Waals surface area contributed by atoms with Crippen molar-refractivity contribution in [1.29, 1.82) is 0 Å². The van der Waals surface area contributed by atoms with Crippen LogP contribution in [0.15, 0.2) is 23.1 Å². The lowest BCUT2D eigenvalue weighted by Crippen LogP contribution is -2.36. The van der Waals surface area contributed by atoms with Crippen LogP contribution in [0.4, 0.5) is 4.39 Å². The third-order valence-electron chi connectivity index (χ3n) is 3.25. The summed E-state index contributed by atoms with van der Waals surface area (Å²) >= 11 is 0. The van der Waals surface area contributed by atoms with Crippen LogP contribution in [0.1, 0.15) is 37.0 Å². The number of nitrogens with zero attached hydrogens (tertiary/aromatic N) is 1. The molecule has 1 fully saturated rings. The Morgan fingerprint density at radius 3 is 2.52 bits per heavy atom. The molecule has 1 aromatic carbocycles. The average molecular weight is 334 g/mol. The van der Waals surface area contributed by atoms with E-state index in [1.165, 1.54) is 6.07 Å². The molecule has 4 nitrogen and oxygen atoms in total. The molecule has 1 aliphatic carbocycles. The van der Waals surface area contributed by atoms with E-state index in [4.69, 9.17) is 10.7 Å². The molecule has 0 radical (unpaired) electrons. The van der Waals surface area contributed by atoms with Gasteiger partial charge in [-0.3, -0.25) is 4.79 Å². The molecule has 1 amide bonds. The molecular formula is C14H17ClFNO3S.